The second-order valence-electron chi connectivity index (χ2n) is 13.3. The highest BCUT2D eigenvalue weighted by Gasteiger charge is 2.30. The molecule has 6 rings (SSSR count). The number of ether oxygens (including phenoxy) is 2. The number of hydrogen-bond acceptors (Lipinski definition) is 14. The van der Waals surface area contributed by atoms with Crippen molar-refractivity contribution in [3.8, 4) is 11.1 Å². The maximum Gasteiger partial charge on any atom is 0.293 e. The molecule has 1 saturated carbocycles. The Morgan fingerprint density at radius 2 is 1.22 bits per heavy atom. The number of amides is 4. The van der Waals surface area contributed by atoms with E-state index in [4.69, 9.17) is 31.3 Å². The zero-order chi connectivity index (χ0) is 41.4. The second kappa shape index (κ2) is 30.8. The highest BCUT2D eigenvalue weighted by Crippen LogP contribution is 2.44. The Morgan fingerprint density at radius 3 is 1.53 bits per heavy atom. The zero-order valence-corrected chi connectivity index (χ0v) is 34.1. The number of nitrogens with zero attached hydrogens (tertiary/aromatic N) is 2. The predicted molar refractivity (Wildman–Crippen MR) is 221 cm³/mol. The van der Waals surface area contributed by atoms with Crippen molar-refractivity contribution in [1.29, 1.82) is 0 Å². The summed E-state index contributed by atoms with van der Waals surface area (Å²) < 4.78 is 9.50. The van der Waals surface area contributed by atoms with Gasteiger partial charge in [-0.15, -0.1) is 0 Å². The third-order valence-corrected chi connectivity index (χ3v) is 8.31. The number of carbonyl (C=O) groups excluding carboxylic acids is 7. The van der Waals surface area contributed by atoms with Gasteiger partial charge in [0.25, 0.3) is 43.0 Å². The summed E-state index contributed by atoms with van der Waals surface area (Å²) in [4.78, 5) is 83.4. The monoisotopic (exact) mass is 839 g/mol. The number of benzene rings is 2. The van der Waals surface area contributed by atoms with Crippen molar-refractivity contribution in [3.63, 3.8) is 0 Å². The lowest BCUT2D eigenvalue weighted by Crippen LogP contribution is -2.36. The van der Waals surface area contributed by atoms with Gasteiger partial charge in [0.1, 0.15) is 18.5 Å². The molecule has 2 aliphatic carbocycles. The topological polar surface area (TPSA) is 320 Å². The average molecular weight is 840 g/mol. The molecule has 1 saturated heterocycles. The van der Waals surface area contributed by atoms with Crippen molar-refractivity contribution >= 4 is 62.8 Å². The van der Waals surface area contributed by atoms with E-state index in [2.05, 4.69) is 29.0 Å². The molecule has 58 heavy (non-hydrogen) atoms. The Labute approximate surface area is 346 Å². The molecule has 0 atom stereocenters. The molecular formula is C39H61N5O13S. The predicted octanol–water partition coefficient (Wildman–Crippen LogP) is 2.67. The van der Waals surface area contributed by atoms with Crippen LogP contribution in [0.2, 0.25) is 0 Å². The summed E-state index contributed by atoms with van der Waals surface area (Å²) in [6, 6.07) is 16.6. The fourth-order valence-electron chi connectivity index (χ4n) is 5.66. The van der Waals surface area contributed by atoms with Crippen LogP contribution in [0.15, 0.2) is 60.7 Å². The third kappa shape index (κ3) is 19.7. The first-order valence-electron chi connectivity index (χ1n) is 17.6. The molecule has 11 N–H and O–H groups in total. The zero-order valence-electron chi connectivity index (χ0n) is 33.1. The fourth-order valence-corrected chi connectivity index (χ4v) is 5.66. The van der Waals surface area contributed by atoms with E-state index in [-0.39, 0.29) is 80.2 Å². The Balaban J connectivity index is -0.000000333. The Hall–Kier alpha value is -5.31. The number of fused-ring (bicyclic) bond motifs is 3. The van der Waals surface area contributed by atoms with Gasteiger partial charge >= 0.3 is 0 Å². The molecule has 4 aliphatic rings. The SMILES string of the molecule is CC(C)(C)OC=O.N.NCCN.O.O=C1CCC(=O)N1O.O=CC1CCC(CN2C(=O)C=CC2=O)CC1.O=CO.O=COCC1c2ccccc2-c2ccccc21.S.[HH]. The quantitative estimate of drug-likeness (QED) is 0.145. The normalized spacial score (nSPS) is 16.9. The lowest BCUT2D eigenvalue weighted by molar-refractivity contribution is -0.171. The minimum absolute atomic E-state index is 0. The van der Waals surface area contributed by atoms with Crippen LogP contribution in [0.3, 0.4) is 0 Å². The Kier molecular flexibility index (Phi) is 30.3. The fraction of sp³-hybridized carbons (Fsp3) is 0.436. The summed E-state index contributed by atoms with van der Waals surface area (Å²) in [5, 5.41) is 15.5. The van der Waals surface area contributed by atoms with E-state index in [9.17, 15) is 33.6 Å². The Morgan fingerprint density at radius 1 is 0.793 bits per heavy atom. The minimum atomic E-state index is -0.505. The Bertz CT molecular complexity index is 1540. The number of carbonyl (C=O) groups is 8. The van der Waals surface area contributed by atoms with Gasteiger partial charge in [-0.2, -0.15) is 18.6 Å². The van der Waals surface area contributed by atoms with Crippen LogP contribution in [-0.4, -0.2) is 107 Å². The molecule has 0 radical (unpaired) electrons. The van der Waals surface area contributed by atoms with Crippen molar-refractivity contribution in [3.05, 3.63) is 71.8 Å². The minimum Gasteiger partial charge on any atom is -0.483 e. The van der Waals surface area contributed by atoms with E-state index in [1.54, 1.807) is 0 Å². The second-order valence-corrected chi connectivity index (χ2v) is 13.3. The molecule has 19 heteroatoms. The molecule has 0 unspecified atom stereocenters. The van der Waals surface area contributed by atoms with Gasteiger partial charge in [0, 0.05) is 57.9 Å². The van der Waals surface area contributed by atoms with Gasteiger partial charge < -0.3 is 42.5 Å². The number of hydrogen-bond donors (Lipinski definition) is 5. The van der Waals surface area contributed by atoms with E-state index in [0.717, 1.165) is 32.0 Å². The van der Waals surface area contributed by atoms with Crippen LogP contribution >= 0.6 is 13.5 Å². The molecule has 2 aromatic rings. The van der Waals surface area contributed by atoms with Crippen molar-refractivity contribution in [1.82, 2.24) is 16.1 Å². The lowest BCUT2D eigenvalue weighted by Gasteiger charge is -2.28. The number of rotatable bonds is 8. The summed E-state index contributed by atoms with van der Waals surface area (Å²) >= 11 is 0. The van der Waals surface area contributed by atoms with Crippen LogP contribution < -0.4 is 17.6 Å². The molecule has 2 aliphatic heterocycles. The largest absolute Gasteiger partial charge is 0.483 e. The number of imide groups is 2. The highest BCUT2D eigenvalue weighted by molar-refractivity contribution is 7.59. The first-order chi connectivity index (χ1) is 26.2. The van der Waals surface area contributed by atoms with Crippen molar-refractivity contribution < 1.29 is 65.0 Å². The summed E-state index contributed by atoms with van der Waals surface area (Å²) in [6.07, 6.45) is 7.59. The molecule has 2 heterocycles. The number of carboxylic acid groups (broad SMARTS) is 1. The maximum absolute atomic E-state index is 11.3. The van der Waals surface area contributed by atoms with E-state index in [0.29, 0.717) is 45.1 Å². The van der Waals surface area contributed by atoms with Gasteiger partial charge in [0.15, 0.2) is 0 Å². The van der Waals surface area contributed by atoms with E-state index >= 15 is 0 Å². The summed E-state index contributed by atoms with van der Waals surface area (Å²) in [5.41, 5.74) is 14.5. The molecule has 18 nitrogen and oxygen atoms in total. The first-order valence-corrected chi connectivity index (χ1v) is 17.6. The summed E-state index contributed by atoms with van der Waals surface area (Å²) in [6.45, 7) is 8.31. The molecule has 2 aromatic carbocycles. The van der Waals surface area contributed by atoms with E-state index in [1.807, 2.05) is 45.0 Å². The molecule has 0 spiro atoms. The average Bonchev–Trinajstić information content (AvgIpc) is 3.78. The van der Waals surface area contributed by atoms with Crippen molar-refractivity contribution in [2.45, 2.75) is 70.8 Å². The van der Waals surface area contributed by atoms with Crippen molar-refractivity contribution in [2.75, 3.05) is 26.2 Å². The summed E-state index contributed by atoms with van der Waals surface area (Å²) in [7, 11) is 0. The maximum atomic E-state index is 11.3. The third-order valence-electron chi connectivity index (χ3n) is 8.31. The molecule has 0 aromatic heterocycles. The van der Waals surface area contributed by atoms with Crippen LogP contribution in [0, 0.1) is 11.8 Å². The van der Waals surface area contributed by atoms with Gasteiger partial charge in [-0.05, 0) is 74.6 Å². The van der Waals surface area contributed by atoms with Crippen LogP contribution in [0.1, 0.15) is 77.8 Å². The van der Waals surface area contributed by atoms with Crippen LogP contribution in [0.5, 0.6) is 0 Å². The van der Waals surface area contributed by atoms with E-state index in [1.165, 1.54) is 39.3 Å². The van der Waals surface area contributed by atoms with E-state index < -0.39 is 11.8 Å². The molecule has 0 bridgehead atoms. The van der Waals surface area contributed by atoms with Crippen molar-refractivity contribution in [2.24, 2.45) is 23.3 Å². The molecule has 326 valence electrons. The molecule has 2 fully saturated rings. The van der Waals surface area contributed by atoms with Crippen LogP contribution in [0.4, 0.5) is 0 Å². The lowest BCUT2D eigenvalue weighted by atomic mass is 9.82. The standard InChI is InChI=1S/C15H12O2.C12H15NO3.C5H10O2.C4H5NO3.C2H8N2.CH2O2.H3N.H2O.H2S.H2/c16-10-17-9-15-13-7-3-1-5-11(13)12-6-2-4-8-14(12)15;14-8-10-3-1-9(2-4-10)7-13-11(15)5-6-12(13)16;1-5(2,3)7-4-6;6-3-1-2-4(7)5(3)8;3-1-2-4;2-1-3;;;;/h1-8,10,15H,9H2;5-6,8-10H,1-4,7H2;4H,1-3H3;8H,1-2H2;1-4H2;1H,(H,2,3);1H3;2*1H2;1H. The van der Waals surface area contributed by atoms with Gasteiger partial charge in [-0.3, -0.25) is 43.7 Å². The van der Waals surface area contributed by atoms with Gasteiger partial charge in [-0.1, -0.05) is 48.5 Å². The van der Waals surface area contributed by atoms with Crippen LogP contribution in [-0.2, 0) is 47.8 Å². The highest BCUT2D eigenvalue weighted by atomic mass is 32.1. The number of nitrogens with two attached hydrogens (primary N) is 2. The number of aldehydes is 1. The molecular weight excluding hydrogens is 779 g/mol. The molecule has 4 amide bonds. The van der Waals surface area contributed by atoms with Gasteiger partial charge in [0.2, 0.25) is 0 Å². The van der Waals surface area contributed by atoms with Gasteiger partial charge in [0.05, 0.1) is 0 Å². The van der Waals surface area contributed by atoms with Crippen LogP contribution in [0.25, 0.3) is 11.1 Å². The smallest absolute Gasteiger partial charge is 0.293 e. The number of hydroxylamine groups is 2. The summed E-state index contributed by atoms with van der Waals surface area (Å²) in [5.74, 6) is -0.703. The first kappa shape index (κ1) is 57.0. The van der Waals surface area contributed by atoms with Gasteiger partial charge in [-0.25, -0.2) is 0 Å².